The molecule has 7 heteroatoms. The zero-order valence-electron chi connectivity index (χ0n) is 16.5. The molecular formula is C21H25N3O3S. The van der Waals surface area contributed by atoms with Crippen LogP contribution in [0.3, 0.4) is 0 Å². The summed E-state index contributed by atoms with van der Waals surface area (Å²) >= 11 is 0. The van der Waals surface area contributed by atoms with Crippen LogP contribution in [-0.4, -0.2) is 30.1 Å². The average molecular weight is 400 g/mol. The number of nitrogens with zero attached hydrogens (tertiary/aromatic N) is 2. The number of carbonyl (C=O) groups is 1. The molecule has 0 aliphatic heterocycles. The van der Waals surface area contributed by atoms with Crippen molar-refractivity contribution in [3.8, 4) is 0 Å². The first-order valence-corrected chi connectivity index (χ1v) is 11.3. The van der Waals surface area contributed by atoms with Crippen molar-refractivity contribution in [2.45, 2.75) is 38.6 Å². The molecule has 0 aliphatic carbocycles. The molecule has 0 spiro atoms. The molecule has 1 heterocycles. The third kappa shape index (κ3) is 4.42. The van der Waals surface area contributed by atoms with Gasteiger partial charge in [-0.3, -0.25) is 4.79 Å². The molecule has 0 fully saturated rings. The first-order chi connectivity index (χ1) is 13.2. The lowest BCUT2D eigenvalue weighted by Crippen LogP contribution is -2.29. The minimum Gasteiger partial charge on any atom is -0.342 e. The molecule has 148 valence electrons. The first kappa shape index (κ1) is 20.1. The van der Waals surface area contributed by atoms with Crippen LogP contribution >= 0.6 is 0 Å². The molecule has 1 amide bonds. The number of para-hydroxylation sites is 2. The second kappa shape index (κ2) is 7.75. The van der Waals surface area contributed by atoms with Gasteiger partial charge in [-0.1, -0.05) is 24.3 Å². The summed E-state index contributed by atoms with van der Waals surface area (Å²) in [6.07, 6.45) is 1.19. The lowest BCUT2D eigenvalue weighted by molar-refractivity contribution is 0.0937. The van der Waals surface area contributed by atoms with E-state index < -0.39 is 9.84 Å². The largest absolute Gasteiger partial charge is 0.342 e. The van der Waals surface area contributed by atoms with Crippen molar-refractivity contribution in [2.75, 3.05) is 6.26 Å². The number of nitrogens with one attached hydrogen (secondary N) is 1. The van der Waals surface area contributed by atoms with Crippen molar-refractivity contribution in [1.82, 2.24) is 14.9 Å². The van der Waals surface area contributed by atoms with Crippen LogP contribution in [0.25, 0.3) is 11.0 Å². The Balaban J connectivity index is 1.81. The van der Waals surface area contributed by atoms with Crippen LogP contribution < -0.4 is 5.32 Å². The van der Waals surface area contributed by atoms with Gasteiger partial charge in [0, 0.05) is 17.9 Å². The monoisotopic (exact) mass is 399 g/mol. The number of benzene rings is 2. The molecule has 2 aromatic carbocycles. The smallest absolute Gasteiger partial charge is 0.251 e. The van der Waals surface area contributed by atoms with Gasteiger partial charge in [0.2, 0.25) is 0 Å². The van der Waals surface area contributed by atoms with Gasteiger partial charge in [-0.2, -0.15) is 0 Å². The van der Waals surface area contributed by atoms with E-state index in [4.69, 9.17) is 4.98 Å². The molecule has 1 atom stereocenters. The van der Waals surface area contributed by atoms with Gasteiger partial charge in [-0.15, -0.1) is 0 Å². The molecule has 6 nitrogen and oxygen atoms in total. The Hall–Kier alpha value is -2.67. The van der Waals surface area contributed by atoms with Crippen molar-refractivity contribution in [1.29, 1.82) is 0 Å². The van der Waals surface area contributed by atoms with Crippen molar-refractivity contribution in [3.05, 3.63) is 65.5 Å². The summed E-state index contributed by atoms with van der Waals surface area (Å²) in [4.78, 5) is 17.4. The van der Waals surface area contributed by atoms with Gasteiger partial charge in [0.25, 0.3) is 5.91 Å². The first-order valence-electron chi connectivity index (χ1n) is 9.20. The summed E-state index contributed by atoms with van der Waals surface area (Å²) in [6, 6.07) is 14.5. The van der Waals surface area contributed by atoms with Gasteiger partial charge in [0.15, 0.2) is 9.84 Å². The maximum absolute atomic E-state index is 12.7. The Kier molecular flexibility index (Phi) is 5.56. The highest BCUT2D eigenvalue weighted by atomic mass is 32.2. The lowest BCUT2D eigenvalue weighted by Gasteiger charge is -2.19. The van der Waals surface area contributed by atoms with Gasteiger partial charge in [-0.05, 0) is 50.6 Å². The summed E-state index contributed by atoms with van der Waals surface area (Å²) in [5.74, 6) is 0.544. The van der Waals surface area contributed by atoms with Crippen molar-refractivity contribution in [3.63, 3.8) is 0 Å². The molecule has 1 aromatic heterocycles. The van der Waals surface area contributed by atoms with E-state index >= 15 is 0 Å². The summed E-state index contributed by atoms with van der Waals surface area (Å²) in [6.45, 7) is 6.09. The number of imidazole rings is 1. The van der Waals surface area contributed by atoms with E-state index in [-0.39, 0.29) is 23.7 Å². The molecule has 0 bridgehead atoms. The van der Waals surface area contributed by atoms with Gasteiger partial charge >= 0.3 is 0 Å². The van der Waals surface area contributed by atoms with Crippen LogP contribution in [0.4, 0.5) is 0 Å². The fraction of sp³-hybridized carbons (Fsp3) is 0.333. The van der Waals surface area contributed by atoms with Crippen molar-refractivity contribution < 1.29 is 13.2 Å². The lowest BCUT2D eigenvalue weighted by atomic mass is 10.1. The highest BCUT2D eigenvalue weighted by molar-refractivity contribution is 7.89. The quantitative estimate of drug-likeness (QED) is 0.686. The Bertz CT molecular complexity index is 1100. The van der Waals surface area contributed by atoms with Crippen molar-refractivity contribution in [2.24, 2.45) is 0 Å². The van der Waals surface area contributed by atoms with Crippen LogP contribution in [0, 0.1) is 0 Å². The zero-order valence-corrected chi connectivity index (χ0v) is 17.3. The van der Waals surface area contributed by atoms with E-state index in [1.54, 1.807) is 24.3 Å². The summed E-state index contributed by atoms with van der Waals surface area (Å²) in [7, 11) is -3.10. The number of rotatable bonds is 6. The molecule has 0 aliphatic rings. The predicted octanol–water partition coefficient (Wildman–Crippen LogP) is 3.65. The van der Waals surface area contributed by atoms with Crippen LogP contribution in [0.15, 0.2) is 48.5 Å². The van der Waals surface area contributed by atoms with Gasteiger partial charge < -0.3 is 9.88 Å². The molecule has 1 N–H and O–H groups in total. The predicted molar refractivity (Wildman–Crippen MR) is 111 cm³/mol. The van der Waals surface area contributed by atoms with Crippen LogP contribution in [0.1, 0.15) is 54.6 Å². The number of amides is 1. The molecule has 28 heavy (non-hydrogen) atoms. The van der Waals surface area contributed by atoms with E-state index in [1.165, 1.54) is 6.26 Å². The van der Waals surface area contributed by atoms with Gasteiger partial charge in [0.05, 0.1) is 22.8 Å². The topological polar surface area (TPSA) is 81.1 Å². The standard InChI is InChI=1S/C21H25N3O3S/c1-14(2)24-19-8-6-5-7-18(19)23-20(24)15(3)22-21(25)17-11-9-16(10-12-17)13-28(4,26)27/h5-12,14-15H,13H2,1-4H3,(H,22,25)/t15-/m0/s1. The summed E-state index contributed by atoms with van der Waals surface area (Å²) in [5.41, 5.74) is 3.08. The Morgan fingerprint density at radius 1 is 1.07 bits per heavy atom. The van der Waals surface area contributed by atoms with Crippen LogP contribution in [-0.2, 0) is 15.6 Å². The molecule has 3 rings (SSSR count). The number of aromatic nitrogens is 2. The normalized spacial score (nSPS) is 13.0. The highest BCUT2D eigenvalue weighted by Crippen LogP contribution is 2.25. The molecular weight excluding hydrogens is 374 g/mol. The maximum Gasteiger partial charge on any atom is 0.251 e. The molecule has 0 saturated heterocycles. The molecule has 0 radical (unpaired) electrons. The van der Waals surface area contributed by atoms with E-state index in [0.29, 0.717) is 11.1 Å². The number of hydrogen-bond donors (Lipinski definition) is 1. The number of carbonyl (C=O) groups excluding carboxylic acids is 1. The van der Waals surface area contributed by atoms with Crippen LogP contribution in [0.2, 0.25) is 0 Å². The summed E-state index contributed by atoms with van der Waals surface area (Å²) in [5, 5.41) is 3.00. The Labute approximate surface area is 165 Å². The third-order valence-corrected chi connectivity index (χ3v) is 5.38. The average Bonchev–Trinajstić information content (AvgIpc) is 3.00. The van der Waals surface area contributed by atoms with Gasteiger partial charge in [-0.25, -0.2) is 13.4 Å². The van der Waals surface area contributed by atoms with E-state index in [0.717, 1.165) is 16.9 Å². The second-order valence-electron chi connectivity index (χ2n) is 7.38. The SMILES string of the molecule is CC(C)n1c([C@H](C)NC(=O)c2ccc(CS(C)(=O)=O)cc2)nc2ccccc21. The molecule has 3 aromatic rings. The minimum absolute atomic E-state index is 0.0380. The third-order valence-electron chi connectivity index (χ3n) is 4.52. The zero-order chi connectivity index (χ0) is 20.5. The molecule has 0 saturated carbocycles. The van der Waals surface area contributed by atoms with Gasteiger partial charge in [0.1, 0.15) is 5.82 Å². The molecule has 0 unspecified atom stereocenters. The fourth-order valence-electron chi connectivity index (χ4n) is 3.31. The fourth-order valence-corrected chi connectivity index (χ4v) is 4.11. The van der Waals surface area contributed by atoms with Crippen LogP contribution in [0.5, 0.6) is 0 Å². The number of fused-ring (bicyclic) bond motifs is 1. The van der Waals surface area contributed by atoms with E-state index in [9.17, 15) is 13.2 Å². The number of hydrogen-bond acceptors (Lipinski definition) is 4. The second-order valence-corrected chi connectivity index (χ2v) is 9.52. The minimum atomic E-state index is -3.10. The summed E-state index contributed by atoms with van der Waals surface area (Å²) < 4.78 is 24.9. The highest BCUT2D eigenvalue weighted by Gasteiger charge is 2.20. The Morgan fingerprint density at radius 2 is 1.71 bits per heavy atom. The van der Waals surface area contributed by atoms with Crippen molar-refractivity contribution >= 4 is 26.8 Å². The maximum atomic E-state index is 12.7. The van der Waals surface area contributed by atoms with E-state index in [2.05, 4.69) is 23.7 Å². The number of sulfone groups is 1. The van der Waals surface area contributed by atoms with E-state index in [1.807, 2.05) is 31.2 Å². The Morgan fingerprint density at radius 3 is 2.32 bits per heavy atom.